The van der Waals surface area contributed by atoms with Crippen LogP contribution in [0.15, 0.2) is 39.9 Å². The van der Waals surface area contributed by atoms with Crippen molar-refractivity contribution in [3.8, 4) is 0 Å². The first kappa shape index (κ1) is 22.2. The number of aryl methyl sites for hydroxylation is 1. The summed E-state index contributed by atoms with van der Waals surface area (Å²) in [6.45, 7) is 7.60. The lowest BCUT2D eigenvalue weighted by Gasteiger charge is -2.33. The number of urea groups is 1. The van der Waals surface area contributed by atoms with Crippen molar-refractivity contribution < 1.29 is 18.9 Å². The maximum atomic E-state index is 13.5. The third-order valence-electron chi connectivity index (χ3n) is 6.54. The van der Waals surface area contributed by atoms with Gasteiger partial charge >= 0.3 is 12.0 Å². The molecule has 3 aliphatic heterocycles. The lowest BCUT2D eigenvalue weighted by atomic mass is 10.1. The van der Waals surface area contributed by atoms with Gasteiger partial charge in [0, 0.05) is 31.2 Å². The van der Waals surface area contributed by atoms with Gasteiger partial charge in [0.1, 0.15) is 11.9 Å². The van der Waals surface area contributed by atoms with E-state index in [0.29, 0.717) is 5.84 Å². The van der Waals surface area contributed by atoms with Gasteiger partial charge in [-0.1, -0.05) is 33.1 Å². The number of amidine groups is 1. The highest BCUT2D eigenvalue weighted by atomic mass is 79.9. The first-order valence-corrected chi connectivity index (χ1v) is 12.1. The third-order valence-corrected chi connectivity index (χ3v) is 7.07. The summed E-state index contributed by atoms with van der Waals surface area (Å²) >= 11 is 3.42. The topological polar surface area (TPSA) is 74.3 Å². The molecule has 5 rings (SSSR count). The molecule has 0 saturated carbocycles. The van der Waals surface area contributed by atoms with Crippen LogP contribution in [0.25, 0.3) is 0 Å². The smallest absolute Gasteiger partial charge is 0.379 e. The van der Waals surface area contributed by atoms with Crippen molar-refractivity contribution in [2.45, 2.75) is 32.5 Å². The van der Waals surface area contributed by atoms with Gasteiger partial charge < -0.3 is 4.74 Å². The summed E-state index contributed by atoms with van der Waals surface area (Å²) in [4.78, 5) is 36.5. The highest BCUT2D eigenvalue weighted by Crippen LogP contribution is 2.30. The van der Waals surface area contributed by atoms with Crippen LogP contribution in [-0.2, 0) is 22.6 Å². The number of hydrogen-bond acceptors (Lipinski definition) is 5. The van der Waals surface area contributed by atoms with E-state index in [9.17, 15) is 9.59 Å². The number of aromatic nitrogens is 2. The maximum absolute atomic E-state index is 13.5. The SMILES string of the molecule is Cc1c[n+]2c(n1CCCN1CCOCC1)N=C1C2C(=O)N(Cc2ccc(Br)cc2)C(=O)N1C. The van der Waals surface area contributed by atoms with E-state index in [1.165, 1.54) is 9.80 Å². The first-order valence-electron chi connectivity index (χ1n) is 11.3. The van der Waals surface area contributed by atoms with E-state index in [1.807, 2.05) is 42.0 Å². The van der Waals surface area contributed by atoms with Crippen LogP contribution in [0, 0.1) is 6.92 Å². The highest BCUT2D eigenvalue weighted by molar-refractivity contribution is 9.10. The average Bonchev–Trinajstić information content (AvgIpc) is 3.33. The Hall–Kier alpha value is -2.56. The predicted octanol–water partition coefficient (Wildman–Crippen LogP) is 2.25. The summed E-state index contributed by atoms with van der Waals surface area (Å²) < 4.78 is 10.4. The van der Waals surface area contributed by atoms with E-state index in [-0.39, 0.29) is 18.5 Å². The number of benzene rings is 1. The molecule has 0 bridgehead atoms. The molecule has 3 amide bonds. The summed E-state index contributed by atoms with van der Waals surface area (Å²) in [7, 11) is 1.69. The predicted molar refractivity (Wildman–Crippen MR) is 125 cm³/mol. The van der Waals surface area contributed by atoms with Crippen molar-refractivity contribution in [1.82, 2.24) is 19.3 Å². The molecule has 0 spiro atoms. The number of aliphatic imine (C=N–C) groups is 1. The number of imidazole rings is 1. The van der Waals surface area contributed by atoms with Gasteiger partial charge in [0.05, 0.1) is 26.3 Å². The average molecular weight is 516 g/mol. The zero-order valence-electron chi connectivity index (χ0n) is 18.9. The minimum absolute atomic E-state index is 0.230. The number of morpholine rings is 1. The van der Waals surface area contributed by atoms with Crippen molar-refractivity contribution in [2.75, 3.05) is 39.9 Å². The Labute approximate surface area is 201 Å². The van der Waals surface area contributed by atoms with E-state index in [1.54, 1.807) is 7.05 Å². The van der Waals surface area contributed by atoms with Gasteiger partial charge in [0.25, 0.3) is 5.91 Å². The summed E-state index contributed by atoms with van der Waals surface area (Å²) in [5.41, 5.74) is 1.95. The van der Waals surface area contributed by atoms with E-state index in [2.05, 4.69) is 25.4 Å². The molecule has 1 aromatic heterocycles. The zero-order chi connectivity index (χ0) is 23.1. The van der Waals surface area contributed by atoms with E-state index < -0.39 is 6.04 Å². The Morgan fingerprint density at radius 2 is 1.88 bits per heavy atom. The van der Waals surface area contributed by atoms with Crippen LogP contribution >= 0.6 is 15.9 Å². The third kappa shape index (κ3) is 4.11. The van der Waals surface area contributed by atoms with Crippen molar-refractivity contribution in [3.63, 3.8) is 0 Å². The molecule has 0 aliphatic carbocycles. The minimum Gasteiger partial charge on any atom is -0.379 e. The summed E-state index contributed by atoms with van der Waals surface area (Å²) in [6, 6.07) is 6.69. The van der Waals surface area contributed by atoms with Crippen LogP contribution in [0.5, 0.6) is 0 Å². The molecule has 1 unspecified atom stereocenters. The number of carbonyl (C=O) groups excluding carboxylic acids is 2. The standard InChI is InChI=1S/C23H28BrN6O3/c1-16-14-29-19-20(25-22(29)28(16)9-3-8-27-10-12-33-13-11-27)26(2)23(32)30(21(19)31)15-17-4-6-18(24)7-5-17/h4-7,14,19H,3,8-13,15H2,1-2H3/q+1. The molecule has 4 heterocycles. The minimum atomic E-state index is -0.614. The van der Waals surface area contributed by atoms with E-state index in [4.69, 9.17) is 9.73 Å². The fourth-order valence-corrected chi connectivity index (χ4v) is 4.97. The van der Waals surface area contributed by atoms with Crippen molar-refractivity contribution in [3.05, 3.63) is 46.2 Å². The number of nitrogens with zero attached hydrogens (tertiary/aromatic N) is 6. The molecule has 2 aromatic rings. The molecule has 0 N–H and O–H groups in total. The number of halogens is 1. The van der Waals surface area contributed by atoms with E-state index in [0.717, 1.165) is 67.5 Å². The molecule has 1 aromatic carbocycles. The lowest BCUT2D eigenvalue weighted by Crippen LogP contribution is -2.62. The number of carbonyl (C=O) groups is 2. The van der Waals surface area contributed by atoms with Gasteiger partial charge in [-0.25, -0.2) is 13.9 Å². The second-order valence-corrected chi connectivity index (χ2v) is 9.62. The summed E-state index contributed by atoms with van der Waals surface area (Å²) in [6.07, 6.45) is 2.96. The summed E-state index contributed by atoms with van der Waals surface area (Å²) in [5, 5.41) is 0. The van der Waals surface area contributed by atoms with Crippen LogP contribution in [0.2, 0.25) is 0 Å². The van der Waals surface area contributed by atoms with Crippen LogP contribution in [-0.4, -0.2) is 76.9 Å². The summed E-state index contributed by atoms with van der Waals surface area (Å²) in [5.74, 6) is 0.982. The molecular weight excluding hydrogens is 488 g/mol. The molecule has 174 valence electrons. The number of amides is 3. The van der Waals surface area contributed by atoms with Crippen molar-refractivity contribution >= 4 is 39.7 Å². The van der Waals surface area contributed by atoms with Crippen LogP contribution in [0.3, 0.4) is 0 Å². The van der Waals surface area contributed by atoms with Crippen molar-refractivity contribution in [1.29, 1.82) is 0 Å². The molecule has 1 atom stereocenters. The first-order chi connectivity index (χ1) is 15.9. The molecule has 2 saturated heterocycles. The monoisotopic (exact) mass is 515 g/mol. The number of likely N-dealkylation sites (N-methyl/N-ethyl adjacent to an activating group) is 1. The van der Waals surface area contributed by atoms with E-state index >= 15 is 0 Å². The molecule has 10 heteroatoms. The Morgan fingerprint density at radius 1 is 1.15 bits per heavy atom. The van der Waals surface area contributed by atoms with Crippen LogP contribution in [0.1, 0.15) is 23.7 Å². The fraction of sp³-hybridized carbons (Fsp3) is 0.478. The largest absolute Gasteiger partial charge is 0.401 e. The second-order valence-electron chi connectivity index (χ2n) is 8.70. The molecule has 2 fully saturated rings. The van der Waals surface area contributed by atoms with Crippen LogP contribution < -0.4 is 4.57 Å². The number of ether oxygens (including phenoxy) is 1. The molecule has 0 radical (unpaired) electrons. The number of rotatable bonds is 6. The van der Waals surface area contributed by atoms with Gasteiger partial charge in [-0.15, -0.1) is 0 Å². The van der Waals surface area contributed by atoms with Gasteiger partial charge in [-0.05, 0) is 31.0 Å². The van der Waals surface area contributed by atoms with Gasteiger partial charge in [0.15, 0.2) is 0 Å². The van der Waals surface area contributed by atoms with Crippen LogP contribution in [0.4, 0.5) is 10.7 Å². The Balaban J connectivity index is 1.36. The van der Waals surface area contributed by atoms with Gasteiger partial charge in [-0.3, -0.25) is 19.5 Å². The molecule has 3 aliphatic rings. The Morgan fingerprint density at radius 3 is 2.61 bits per heavy atom. The van der Waals surface area contributed by atoms with Gasteiger partial charge in [-0.2, -0.15) is 0 Å². The second kappa shape index (κ2) is 9.00. The maximum Gasteiger partial charge on any atom is 0.401 e. The number of hydrogen-bond donors (Lipinski definition) is 0. The highest BCUT2D eigenvalue weighted by Gasteiger charge is 2.53. The quantitative estimate of drug-likeness (QED) is 0.553. The normalized spacial score (nSPS) is 20.8. The lowest BCUT2D eigenvalue weighted by molar-refractivity contribution is -0.677. The Bertz CT molecular complexity index is 1110. The van der Waals surface area contributed by atoms with Gasteiger partial charge in [0.2, 0.25) is 11.9 Å². The molecular formula is C23H28BrN6O3+. The fourth-order valence-electron chi connectivity index (χ4n) is 4.70. The Kier molecular flexibility index (Phi) is 6.07. The van der Waals surface area contributed by atoms with Crippen molar-refractivity contribution in [2.24, 2.45) is 4.99 Å². The number of fused-ring (bicyclic) bond motifs is 3. The zero-order valence-corrected chi connectivity index (χ0v) is 20.5. The molecule has 9 nitrogen and oxygen atoms in total. The molecule has 33 heavy (non-hydrogen) atoms. The number of imide groups is 1.